The van der Waals surface area contributed by atoms with E-state index in [0.29, 0.717) is 17.4 Å². The molecule has 19 heavy (non-hydrogen) atoms. The molecule has 0 aromatic carbocycles. The molecule has 0 fully saturated rings. The van der Waals surface area contributed by atoms with Crippen LogP contribution in [0.15, 0.2) is 12.1 Å². The topological polar surface area (TPSA) is 94.0 Å². The Hall–Kier alpha value is -1.78. The molecule has 1 aromatic rings. The first kappa shape index (κ1) is 15.3. The summed E-state index contributed by atoms with van der Waals surface area (Å²) in [6.45, 7) is 5.19. The molecule has 1 rings (SSSR count). The van der Waals surface area contributed by atoms with Gasteiger partial charge in [-0.2, -0.15) is 0 Å². The fourth-order valence-corrected chi connectivity index (χ4v) is 1.93. The van der Waals surface area contributed by atoms with Crippen LogP contribution in [0.4, 0.5) is 11.5 Å². The van der Waals surface area contributed by atoms with Crippen molar-refractivity contribution >= 4 is 17.4 Å². The van der Waals surface area contributed by atoms with Crippen molar-refractivity contribution in [3.8, 4) is 0 Å². The van der Waals surface area contributed by atoms with Crippen molar-refractivity contribution in [1.82, 2.24) is 4.98 Å². The highest BCUT2D eigenvalue weighted by Gasteiger charge is 2.10. The number of nitrogens with zero attached hydrogens (tertiary/aromatic N) is 1. The number of carbonyl (C=O) groups is 1. The standard InChI is InChI=1S/C14H24N4O/c1-3-5-6-10(4-2)9-17-14-11(15)7-8-12(18-14)13(16)19/h7-8,10H,3-6,9,15H2,1-2H3,(H2,16,19)(H,17,18). The molecule has 0 radical (unpaired) electrons. The number of pyridine rings is 1. The SMILES string of the molecule is CCCCC(CC)CNc1nc(C(N)=O)ccc1N. The summed E-state index contributed by atoms with van der Waals surface area (Å²) < 4.78 is 0. The van der Waals surface area contributed by atoms with Crippen LogP contribution in [0.5, 0.6) is 0 Å². The molecular weight excluding hydrogens is 240 g/mol. The van der Waals surface area contributed by atoms with E-state index in [9.17, 15) is 4.79 Å². The zero-order chi connectivity index (χ0) is 14.3. The van der Waals surface area contributed by atoms with Gasteiger partial charge in [-0.3, -0.25) is 4.79 Å². The van der Waals surface area contributed by atoms with Crippen molar-refractivity contribution in [3.05, 3.63) is 17.8 Å². The Labute approximate surface area is 114 Å². The molecule has 5 nitrogen and oxygen atoms in total. The number of nitrogen functional groups attached to an aromatic ring is 1. The first-order valence-electron chi connectivity index (χ1n) is 6.88. The number of hydrogen-bond acceptors (Lipinski definition) is 4. The van der Waals surface area contributed by atoms with E-state index in [-0.39, 0.29) is 5.69 Å². The van der Waals surface area contributed by atoms with E-state index in [1.807, 2.05) is 0 Å². The molecule has 1 unspecified atom stereocenters. The van der Waals surface area contributed by atoms with E-state index in [2.05, 4.69) is 24.1 Å². The van der Waals surface area contributed by atoms with Crippen molar-refractivity contribution in [2.45, 2.75) is 39.5 Å². The van der Waals surface area contributed by atoms with Gasteiger partial charge in [-0.25, -0.2) is 4.98 Å². The van der Waals surface area contributed by atoms with Gasteiger partial charge in [0.25, 0.3) is 5.91 Å². The Morgan fingerprint density at radius 1 is 1.42 bits per heavy atom. The number of carbonyl (C=O) groups excluding carboxylic acids is 1. The number of nitrogens with two attached hydrogens (primary N) is 2. The molecule has 0 spiro atoms. The van der Waals surface area contributed by atoms with Crippen LogP contribution >= 0.6 is 0 Å². The largest absolute Gasteiger partial charge is 0.396 e. The Morgan fingerprint density at radius 2 is 2.16 bits per heavy atom. The van der Waals surface area contributed by atoms with E-state index in [1.165, 1.54) is 25.3 Å². The highest BCUT2D eigenvalue weighted by atomic mass is 16.1. The van der Waals surface area contributed by atoms with Crippen LogP contribution in [0.2, 0.25) is 0 Å². The molecule has 0 bridgehead atoms. The second-order valence-corrected chi connectivity index (χ2v) is 4.80. The third-order valence-corrected chi connectivity index (χ3v) is 3.28. The average Bonchev–Trinajstić information content (AvgIpc) is 2.40. The Bertz CT molecular complexity index is 420. The third-order valence-electron chi connectivity index (χ3n) is 3.28. The summed E-state index contributed by atoms with van der Waals surface area (Å²) in [6.07, 6.45) is 4.73. The van der Waals surface area contributed by atoms with E-state index < -0.39 is 5.91 Å². The molecule has 1 aromatic heterocycles. The molecule has 0 aliphatic rings. The van der Waals surface area contributed by atoms with Crippen LogP contribution in [0, 0.1) is 5.92 Å². The number of unbranched alkanes of at least 4 members (excludes halogenated alkanes) is 1. The van der Waals surface area contributed by atoms with E-state index in [0.717, 1.165) is 13.0 Å². The Kier molecular flexibility index (Phi) is 6.12. The highest BCUT2D eigenvalue weighted by molar-refractivity contribution is 5.91. The quantitative estimate of drug-likeness (QED) is 0.672. The maximum atomic E-state index is 11.1. The summed E-state index contributed by atoms with van der Waals surface area (Å²) >= 11 is 0. The predicted octanol–water partition coefficient (Wildman–Crippen LogP) is 2.39. The van der Waals surface area contributed by atoms with Gasteiger partial charge >= 0.3 is 0 Å². The van der Waals surface area contributed by atoms with Gasteiger partial charge in [-0.05, 0) is 24.5 Å². The van der Waals surface area contributed by atoms with Crippen LogP contribution in [0.1, 0.15) is 50.0 Å². The fraction of sp³-hybridized carbons (Fsp3) is 0.571. The van der Waals surface area contributed by atoms with Gasteiger partial charge in [-0.15, -0.1) is 0 Å². The second kappa shape index (κ2) is 7.61. The number of amides is 1. The molecule has 0 saturated heterocycles. The van der Waals surface area contributed by atoms with Crippen molar-refractivity contribution in [1.29, 1.82) is 0 Å². The van der Waals surface area contributed by atoms with Crippen molar-refractivity contribution in [3.63, 3.8) is 0 Å². The second-order valence-electron chi connectivity index (χ2n) is 4.80. The minimum atomic E-state index is -0.541. The molecule has 5 N–H and O–H groups in total. The van der Waals surface area contributed by atoms with Crippen LogP contribution in [0.3, 0.4) is 0 Å². The summed E-state index contributed by atoms with van der Waals surface area (Å²) in [6, 6.07) is 3.19. The Morgan fingerprint density at radius 3 is 2.74 bits per heavy atom. The van der Waals surface area contributed by atoms with Gasteiger partial charge in [0.15, 0.2) is 0 Å². The zero-order valence-electron chi connectivity index (χ0n) is 11.8. The average molecular weight is 264 g/mol. The maximum Gasteiger partial charge on any atom is 0.267 e. The first-order chi connectivity index (χ1) is 9.08. The lowest BCUT2D eigenvalue weighted by Crippen LogP contribution is -2.18. The molecule has 0 saturated carbocycles. The summed E-state index contributed by atoms with van der Waals surface area (Å²) in [5.74, 6) is 0.603. The third kappa shape index (κ3) is 4.77. The van der Waals surface area contributed by atoms with Gasteiger partial charge in [0, 0.05) is 6.54 Å². The van der Waals surface area contributed by atoms with Crippen LogP contribution in [-0.4, -0.2) is 17.4 Å². The van der Waals surface area contributed by atoms with Gasteiger partial charge in [0.2, 0.25) is 0 Å². The van der Waals surface area contributed by atoms with Gasteiger partial charge < -0.3 is 16.8 Å². The lowest BCUT2D eigenvalue weighted by atomic mass is 9.99. The first-order valence-corrected chi connectivity index (χ1v) is 6.88. The van der Waals surface area contributed by atoms with E-state index in [1.54, 1.807) is 6.07 Å². The molecular formula is C14H24N4O. The van der Waals surface area contributed by atoms with Gasteiger partial charge in [0.05, 0.1) is 5.69 Å². The summed E-state index contributed by atoms with van der Waals surface area (Å²) in [5.41, 5.74) is 11.8. The van der Waals surface area contributed by atoms with Crippen molar-refractivity contribution < 1.29 is 4.79 Å². The van der Waals surface area contributed by atoms with Crippen LogP contribution in [-0.2, 0) is 0 Å². The molecule has 106 valence electrons. The summed E-state index contributed by atoms with van der Waals surface area (Å²) in [4.78, 5) is 15.2. The number of rotatable bonds is 8. The highest BCUT2D eigenvalue weighted by Crippen LogP contribution is 2.18. The summed E-state index contributed by atoms with van der Waals surface area (Å²) in [5, 5.41) is 3.22. The number of primary amides is 1. The normalized spacial score (nSPS) is 12.1. The van der Waals surface area contributed by atoms with Gasteiger partial charge in [-0.1, -0.05) is 33.1 Å². The minimum Gasteiger partial charge on any atom is -0.396 e. The molecule has 1 heterocycles. The van der Waals surface area contributed by atoms with Crippen LogP contribution < -0.4 is 16.8 Å². The summed E-state index contributed by atoms with van der Waals surface area (Å²) in [7, 11) is 0. The monoisotopic (exact) mass is 264 g/mol. The van der Waals surface area contributed by atoms with E-state index >= 15 is 0 Å². The van der Waals surface area contributed by atoms with Crippen molar-refractivity contribution in [2.75, 3.05) is 17.6 Å². The smallest absolute Gasteiger partial charge is 0.267 e. The van der Waals surface area contributed by atoms with E-state index in [4.69, 9.17) is 11.5 Å². The molecule has 5 heteroatoms. The van der Waals surface area contributed by atoms with Gasteiger partial charge in [0.1, 0.15) is 11.5 Å². The molecule has 1 atom stereocenters. The number of hydrogen-bond donors (Lipinski definition) is 3. The molecule has 1 amide bonds. The molecule has 0 aliphatic carbocycles. The number of aromatic nitrogens is 1. The lowest BCUT2D eigenvalue weighted by molar-refractivity contribution is 0.0996. The number of nitrogens with one attached hydrogen (secondary N) is 1. The zero-order valence-corrected chi connectivity index (χ0v) is 11.8. The van der Waals surface area contributed by atoms with Crippen molar-refractivity contribution in [2.24, 2.45) is 11.7 Å². The number of anilines is 2. The lowest BCUT2D eigenvalue weighted by Gasteiger charge is -2.16. The van der Waals surface area contributed by atoms with Crippen LogP contribution in [0.25, 0.3) is 0 Å². The Balaban J connectivity index is 2.65. The predicted molar refractivity (Wildman–Crippen MR) is 79.0 cm³/mol. The molecule has 0 aliphatic heterocycles. The minimum absolute atomic E-state index is 0.235. The maximum absolute atomic E-state index is 11.1. The fourth-order valence-electron chi connectivity index (χ4n) is 1.93.